The number of amides is 1. The van der Waals surface area contributed by atoms with Crippen LogP contribution in [0.1, 0.15) is 18.2 Å². The lowest BCUT2D eigenvalue weighted by molar-refractivity contribution is -0.115. The first-order valence-corrected chi connectivity index (χ1v) is 8.06. The first-order valence-electron chi connectivity index (χ1n) is 6.26. The maximum Gasteiger partial charge on any atom is 0.238 e. The number of nitrogens with zero attached hydrogens (tertiary/aromatic N) is 1. The van der Waals surface area contributed by atoms with E-state index in [9.17, 15) is 4.79 Å². The van der Waals surface area contributed by atoms with Crippen LogP contribution in [-0.2, 0) is 10.5 Å². The quantitative estimate of drug-likeness (QED) is 0.864. The Hall–Kier alpha value is -1.17. The number of thioether (sulfide) groups is 1. The van der Waals surface area contributed by atoms with Crippen molar-refractivity contribution in [2.45, 2.75) is 24.9 Å². The van der Waals surface area contributed by atoms with Crippen LogP contribution >= 0.6 is 35.0 Å². The molecular formula is C14H14Cl2N2O2S. The van der Waals surface area contributed by atoms with E-state index >= 15 is 0 Å². The molecule has 0 aliphatic rings. The number of halogens is 2. The standard InChI is InChI=1S/C14H14Cl2N2O2S/c1-8-6-13(18-20-8)17-14(19)9(2)21-7-10-11(15)4-3-5-12(10)16/h3-6,9H,7H2,1-2H3,(H,17,18,19). The highest BCUT2D eigenvalue weighted by Crippen LogP contribution is 2.30. The Kier molecular flexibility index (Phi) is 5.56. The third-order valence-corrected chi connectivity index (χ3v) is 4.67. The molecule has 7 heteroatoms. The van der Waals surface area contributed by atoms with Crippen LogP contribution in [-0.4, -0.2) is 16.3 Å². The van der Waals surface area contributed by atoms with Gasteiger partial charge in [-0.2, -0.15) is 0 Å². The summed E-state index contributed by atoms with van der Waals surface area (Å²) in [6.07, 6.45) is 0. The van der Waals surface area contributed by atoms with Crippen LogP contribution in [0.3, 0.4) is 0 Å². The molecule has 0 aliphatic carbocycles. The zero-order valence-corrected chi connectivity index (χ0v) is 13.9. The smallest absolute Gasteiger partial charge is 0.238 e. The summed E-state index contributed by atoms with van der Waals surface area (Å²) in [5.41, 5.74) is 0.836. The molecule has 112 valence electrons. The molecule has 0 bridgehead atoms. The van der Waals surface area contributed by atoms with Crippen molar-refractivity contribution in [1.29, 1.82) is 0 Å². The fourth-order valence-corrected chi connectivity index (χ4v) is 3.23. The molecule has 1 unspecified atom stereocenters. The maximum atomic E-state index is 12.0. The van der Waals surface area contributed by atoms with Gasteiger partial charge in [0.2, 0.25) is 5.91 Å². The van der Waals surface area contributed by atoms with Crippen LogP contribution in [0.25, 0.3) is 0 Å². The number of aromatic nitrogens is 1. The van der Waals surface area contributed by atoms with E-state index in [-0.39, 0.29) is 11.2 Å². The zero-order chi connectivity index (χ0) is 15.4. The molecule has 2 rings (SSSR count). The number of aryl methyl sites for hydroxylation is 1. The summed E-state index contributed by atoms with van der Waals surface area (Å²) in [6.45, 7) is 3.58. The first kappa shape index (κ1) is 16.2. The van der Waals surface area contributed by atoms with E-state index in [0.717, 1.165) is 5.56 Å². The number of benzene rings is 1. The Labute approximate surface area is 137 Å². The normalized spacial score (nSPS) is 12.2. The third-order valence-electron chi connectivity index (χ3n) is 2.79. The van der Waals surface area contributed by atoms with Gasteiger partial charge in [-0.15, -0.1) is 11.8 Å². The van der Waals surface area contributed by atoms with Crippen molar-refractivity contribution < 1.29 is 9.32 Å². The molecule has 0 radical (unpaired) electrons. The van der Waals surface area contributed by atoms with Crippen LogP contribution in [0.5, 0.6) is 0 Å². The summed E-state index contributed by atoms with van der Waals surface area (Å²) in [4.78, 5) is 12.0. The molecule has 1 amide bonds. The highest BCUT2D eigenvalue weighted by molar-refractivity contribution is 7.99. The van der Waals surface area contributed by atoms with Gasteiger partial charge in [0.25, 0.3) is 0 Å². The predicted octanol–water partition coefficient (Wildman–Crippen LogP) is 4.55. The van der Waals surface area contributed by atoms with E-state index in [1.54, 1.807) is 31.2 Å². The van der Waals surface area contributed by atoms with E-state index in [1.807, 2.05) is 6.92 Å². The SMILES string of the molecule is Cc1cc(NC(=O)C(C)SCc2c(Cl)cccc2Cl)no1. The molecule has 1 N–H and O–H groups in total. The second-order valence-electron chi connectivity index (χ2n) is 4.47. The molecule has 1 heterocycles. The summed E-state index contributed by atoms with van der Waals surface area (Å²) in [7, 11) is 0. The summed E-state index contributed by atoms with van der Waals surface area (Å²) < 4.78 is 4.90. The minimum atomic E-state index is -0.269. The number of hydrogen-bond donors (Lipinski definition) is 1. The number of anilines is 1. The van der Waals surface area contributed by atoms with Crippen LogP contribution in [0, 0.1) is 6.92 Å². The summed E-state index contributed by atoms with van der Waals surface area (Å²) in [5.74, 6) is 1.48. The fourth-order valence-electron chi connectivity index (χ4n) is 1.61. The molecule has 0 aliphatic heterocycles. The Balaban J connectivity index is 1.92. The molecule has 21 heavy (non-hydrogen) atoms. The number of nitrogens with one attached hydrogen (secondary N) is 1. The lowest BCUT2D eigenvalue weighted by Crippen LogP contribution is -2.22. The van der Waals surface area contributed by atoms with E-state index in [2.05, 4.69) is 10.5 Å². The van der Waals surface area contributed by atoms with Crippen molar-refractivity contribution >= 4 is 46.7 Å². The van der Waals surface area contributed by atoms with Crippen molar-refractivity contribution in [3.05, 3.63) is 45.6 Å². The summed E-state index contributed by atoms with van der Waals surface area (Å²) in [6, 6.07) is 7.03. The average molecular weight is 345 g/mol. The van der Waals surface area contributed by atoms with Gasteiger partial charge in [-0.1, -0.05) is 34.4 Å². The van der Waals surface area contributed by atoms with Gasteiger partial charge in [-0.25, -0.2) is 0 Å². The Morgan fingerprint density at radius 3 is 2.67 bits per heavy atom. The lowest BCUT2D eigenvalue weighted by Gasteiger charge is -2.12. The minimum absolute atomic E-state index is 0.142. The van der Waals surface area contributed by atoms with Crippen LogP contribution in [0.4, 0.5) is 5.82 Å². The molecule has 0 saturated heterocycles. The Morgan fingerprint density at radius 2 is 2.10 bits per heavy atom. The van der Waals surface area contributed by atoms with Gasteiger partial charge in [-0.3, -0.25) is 4.79 Å². The average Bonchev–Trinajstić information content (AvgIpc) is 2.83. The first-order chi connectivity index (χ1) is 9.97. The maximum absolute atomic E-state index is 12.0. The lowest BCUT2D eigenvalue weighted by atomic mass is 10.2. The number of carbonyl (C=O) groups excluding carboxylic acids is 1. The largest absolute Gasteiger partial charge is 0.360 e. The topological polar surface area (TPSA) is 55.1 Å². The van der Waals surface area contributed by atoms with Crippen molar-refractivity contribution in [3.8, 4) is 0 Å². The van der Waals surface area contributed by atoms with Crippen molar-refractivity contribution in [1.82, 2.24) is 5.16 Å². The molecule has 1 aromatic heterocycles. The molecule has 1 atom stereocenters. The van der Waals surface area contributed by atoms with Gasteiger partial charge >= 0.3 is 0 Å². The number of carbonyl (C=O) groups is 1. The van der Waals surface area contributed by atoms with Gasteiger partial charge in [0.15, 0.2) is 5.82 Å². The molecule has 2 aromatic rings. The third kappa shape index (κ3) is 4.40. The molecule has 0 saturated carbocycles. The van der Waals surface area contributed by atoms with Gasteiger partial charge in [-0.05, 0) is 31.5 Å². The van der Waals surface area contributed by atoms with E-state index < -0.39 is 0 Å². The molecule has 0 spiro atoms. The molecule has 4 nitrogen and oxygen atoms in total. The van der Waals surface area contributed by atoms with Gasteiger partial charge in [0, 0.05) is 21.9 Å². The van der Waals surface area contributed by atoms with Crippen LogP contribution in [0.15, 0.2) is 28.8 Å². The second-order valence-corrected chi connectivity index (χ2v) is 6.61. The summed E-state index contributed by atoms with van der Waals surface area (Å²) in [5, 5.41) is 7.37. The van der Waals surface area contributed by atoms with Gasteiger partial charge < -0.3 is 9.84 Å². The van der Waals surface area contributed by atoms with E-state index in [0.29, 0.717) is 27.4 Å². The van der Waals surface area contributed by atoms with Crippen molar-refractivity contribution in [3.63, 3.8) is 0 Å². The number of rotatable bonds is 5. The van der Waals surface area contributed by atoms with Crippen LogP contribution in [0.2, 0.25) is 10.0 Å². The number of hydrogen-bond acceptors (Lipinski definition) is 4. The highest BCUT2D eigenvalue weighted by atomic mass is 35.5. The minimum Gasteiger partial charge on any atom is -0.360 e. The van der Waals surface area contributed by atoms with E-state index in [1.165, 1.54) is 11.8 Å². The molecule has 1 aromatic carbocycles. The molecular weight excluding hydrogens is 331 g/mol. The van der Waals surface area contributed by atoms with E-state index in [4.69, 9.17) is 27.7 Å². The van der Waals surface area contributed by atoms with Crippen molar-refractivity contribution in [2.24, 2.45) is 0 Å². The van der Waals surface area contributed by atoms with Crippen molar-refractivity contribution in [2.75, 3.05) is 5.32 Å². The highest BCUT2D eigenvalue weighted by Gasteiger charge is 2.16. The second kappa shape index (κ2) is 7.20. The monoisotopic (exact) mass is 344 g/mol. The van der Waals surface area contributed by atoms with Gasteiger partial charge in [0.05, 0.1) is 5.25 Å². The Bertz CT molecular complexity index is 625. The Morgan fingerprint density at radius 1 is 1.43 bits per heavy atom. The van der Waals surface area contributed by atoms with Crippen LogP contribution < -0.4 is 5.32 Å². The molecule has 0 fully saturated rings. The fraction of sp³-hybridized carbons (Fsp3) is 0.286. The van der Waals surface area contributed by atoms with Gasteiger partial charge in [0.1, 0.15) is 5.76 Å². The predicted molar refractivity (Wildman–Crippen MR) is 87.1 cm³/mol. The summed E-state index contributed by atoms with van der Waals surface area (Å²) >= 11 is 13.7. The zero-order valence-electron chi connectivity index (χ0n) is 11.5.